The number of thiazole rings is 1. The van der Waals surface area contributed by atoms with Crippen molar-refractivity contribution in [2.75, 3.05) is 24.3 Å². The highest BCUT2D eigenvalue weighted by atomic mass is 35.5. The molecular formula is C16H17ClN9O5S3-. The molecule has 14 nitrogen and oxygen atoms in total. The Balaban J connectivity index is 0.00000324. The number of carbonyl (C=O) groups excluding carboxylic acids is 2. The molecule has 4 heterocycles. The third kappa shape index (κ3) is 4.82. The van der Waals surface area contributed by atoms with E-state index in [1.54, 1.807) is 12.4 Å². The highest BCUT2D eigenvalue weighted by Crippen LogP contribution is 2.41. The lowest BCUT2D eigenvalue weighted by atomic mass is 10.0. The summed E-state index contributed by atoms with van der Waals surface area (Å²) in [5.41, 5.74) is 6.17. The Bertz CT molecular complexity index is 1180. The standard InChI is InChI=1S/C16H17N9O5S3.ClH/c1-24-16(20-22-23-24)33-4-6-3-31-13-9(12(27)25(13)10(6)14(28)29)19-11(26)8(21-30-2)7-5-32-15(17)18-7;/h5,9,13H,3-4H2,1-2H3,(H2,17,18)(H,19,26)(H,28,29);1H/p-1/b21-8+;. The maximum absolute atomic E-state index is 12.9. The van der Waals surface area contributed by atoms with Crippen LogP contribution in [0.3, 0.4) is 0 Å². The number of amides is 2. The first-order valence-corrected chi connectivity index (χ1v) is 12.1. The molecule has 0 bridgehead atoms. The summed E-state index contributed by atoms with van der Waals surface area (Å²) in [6, 6.07) is -0.924. The van der Waals surface area contributed by atoms with Crippen molar-refractivity contribution in [3.8, 4) is 0 Å². The number of tetrazole rings is 1. The number of β-lactam (4-membered cyclic amide) rings is 1. The number of nitrogens with two attached hydrogens (primary N) is 1. The van der Waals surface area contributed by atoms with E-state index < -0.39 is 29.2 Å². The lowest BCUT2D eigenvalue weighted by Gasteiger charge is -2.49. The maximum atomic E-state index is 12.9. The van der Waals surface area contributed by atoms with Crippen LogP contribution in [-0.4, -0.2) is 88.7 Å². The molecule has 18 heteroatoms. The average Bonchev–Trinajstić information content (AvgIpc) is 3.40. The highest BCUT2D eigenvalue weighted by Gasteiger charge is 2.54. The SMILES string of the molecule is CO/N=C(/C(=O)NC1C(=O)N2C(C(=O)O)=C(CSc3nnnn3C)CSC12)c1csc(N)n1.[Cl-]. The fourth-order valence-corrected chi connectivity index (χ4v) is 6.07. The van der Waals surface area contributed by atoms with E-state index in [1.807, 2.05) is 0 Å². The number of anilines is 1. The fourth-order valence-electron chi connectivity index (χ4n) is 3.19. The number of carboxylic acid groups (broad SMARTS) is 1. The summed E-state index contributed by atoms with van der Waals surface area (Å²) in [6.07, 6.45) is 0. The first-order valence-electron chi connectivity index (χ1n) is 9.20. The summed E-state index contributed by atoms with van der Waals surface area (Å²) in [7, 11) is 2.95. The molecule has 34 heavy (non-hydrogen) atoms. The van der Waals surface area contributed by atoms with Gasteiger partial charge in [0, 0.05) is 23.9 Å². The summed E-state index contributed by atoms with van der Waals surface area (Å²) in [5.74, 6) is -1.77. The Kier molecular flexibility index (Phi) is 8.01. The van der Waals surface area contributed by atoms with Crippen LogP contribution in [0.2, 0.25) is 0 Å². The van der Waals surface area contributed by atoms with Gasteiger partial charge in [0.1, 0.15) is 29.9 Å². The van der Waals surface area contributed by atoms with E-state index >= 15 is 0 Å². The number of carboxylic acids is 1. The zero-order chi connectivity index (χ0) is 23.7. The van der Waals surface area contributed by atoms with E-state index in [2.05, 4.69) is 31.0 Å². The Labute approximate surface area is 210 Å². The van der Waals surface area contributed by atoms with E-state index in [0.29, 0.717) is 22.2 Å². The molecule has 2 aromatic rings. The molecule has 0 radical (unpaired) electrons. The van der Waals surface area contributed by atoms with Crippen LogP contribution in [0.4, 0.5) is 5.13 Å². The molecule has 2 aliphatic rings. The van der Waals surface area contributed by atoms with Gasteiger partial charge < -0.3 is 33.4 Å². The Hall–Kier alpha value is -2.89. The van der Waals surface area contributed by atoms with Crippen LogP contribution in [0, 0.1) is 0 Å². The second kappa shape index (κ2) is 10.6. The van der Waals surface area contributed by atoms with Gasteiger partial charge in [-0.15, -0.1) is 28.2 Å². The van der Waals surface area contributed by atoms with Crippen LogP contribution in [0.25, 0.3) is 0 Å². The number of hydrogen-bond donors (Lipinski definition) is 3. The van der Waals surface area contributed by atoms with Gasteiger partial charge in [0.2, 0.25) is 5.16 Å². The number of rotatable bonds is 8. The molecule has 2 aliphatic heterocycles. The van der Waals surface area contributed by atoms with Gasteiger partial charge in [0.15, 0.2) is 10.8 Å². The maximum Gasteiger partial charge on any atom is 0.352 e. The van der Waals surface area contributed by atoms with E-state index in [9.17, 15) is 19.5 Å². The van der Waals surface area contributed by atoms with Crippen molar-refractivity contribution in [2.24, 2.45) is 12.2 Å². The van der Waals surface area contributed by atoms with Crippen LogP contribution in [0.15, 0.2) is 27.0 Å². The Morgan fingerprint density at radius 3 is 2.82 bits per heavy atom. The number of aliphatic carboxylic acids is 1. The molecule has 1 fully saturated rings. The van der Waals surface area contributed by atoms with Gasteiger partial charge in [-0.05, 0) is 16.0 Å². The molecule has 4 N–H and O–H groups in total. The lowest BCUT2D eigenvalue weighted by molar-refractivity contribution is -0.150. The van der Waals surface area contributed by atoms with Crippen molar-refractivity contribution in [1.29, 1.82) is 0 Å². The number of nitrogens with one attached hydrogen (secondary N) is 1. The van der Waals surface area contributed by atoms with Gasteiger partial charge in [-0.1, -0.05) is 16.9 Å². The largest absolute Gasteiger partial charge is 1.00 e. The van der Waals surface area contributed by atoms with Crippen LogP contribution in [-0.2, 0) is 26.3 Å². The molecule has 2 aromatic heterocycles. The smallest absolute Gasteiger partial charge is 0.352 e. The predicted molar refractivity (Wildman–Crippen MR) is 119 cm³/mol. The van der Waals surface area contributed by atoms with Gasteiger partial charge in [-0.3, -0.25) is 14.5 Å². The monoisotopic (exact) mass is 546 g/mol. The van der Waals surface area contributed by atoms with Crippen molar-refractivity contribution in [2.45, 2.75) is 16.6 Å². The third-order valence-electron chi connectivity index (χ3n) is 4.66. The molecular weight excluding hydrogens is 530 g/mol. The number of nitrogen functional groups attached to an aromatic ring is 1. The summed E-state index contributed by atoms with van der Waals surface area (Å²) in [4.78, 5) is 47.6. The summed E-state index contributed by atoms with van der Waals surface area (Å²) in [5, 5.41) is 29.0. The van der Waals surface area contributed by atoms with E-state index in [0.717, 1.165) is 11.3 Å². The first kappa shape index (κ1) is 25.7. The van der Waals surface area contributed by atoms with Gasteiger partial charge in [0.05, 0.1) is 0 Å². The number of oxime groups is 1. The van der Waals surface area contributed by atoms with Crippen molar-refractivity contribution in [1.82, 2.24) is 35.4 Å². The second-order valence-corrected chi connectivity index (χ2v) is 9.62. The molecule has 1 saturated heterocycles. The number of thioether (sulfide) groups is 2. The summed E-state index contributed by atoms with van der Waals surface area (Å²) >= 11 is 3.75. The minimum absolute atomic E-state index is 0. The van der Waals surface area contributed by atoms with Crippen molar-refractivity contribution >= 4 is 63.5 Å². The molecule has 2 atom stereocenters. The van der Waals surface area contributed by atoms with Crippen LogP contribution in [0.1, 0.15) is 5.69 Å². The summed E-state index contributed by atoms with van der Waals surface area (Å²) in [6.45, 7) is 0. The average molecular weight is 547 g/mol. The van der Waals surface area contributed by atoms with E-state index in [1.165, 1.54) is 40.2 Å². The number of hydrogen-bond acceptors (Lipinski definition) is 13. The van der Waals surface area contributed by atoms with Crippen LogP contribution >= 0.6 is 34.9 Å². The molecule has 182 valence electrons. The molecule has 0 spiro atoms. The topological polar surface area (TPSA) is 191 Å². The Morgan fingerprint density at radius 2 is 2.24 bits per heavy atom. The number of aryl methyl sites for hydroxylation is 1. The molecule has 0 aromatic carbocycles. The van der Waals surface area contributed by atoms with Gasteiger partial charge in [-0.2, -0.15) is 0 Å². The number of fused-ring (bicyclic) bond motifs is 1. The first-order chi connectivity index (χ1) is 15.8. The molecule has 2 unspecified atom stereocenters. The minimum atomic E-state index is -1.22. The number of halogens is 1. The zero-order valence-corrected chi connectivity index (χ0v) is 20.7. The van der Waals surface area contributed by atoms with Crippen molar-refractivity contribution in [3.63, 3.8) is 0 Å². The zero-order valence-electron chi connectivity index (χ0n) is 17.5. The third-order valence-corrected chi connectivity index (χ3v) is 7.77. The molecule has 4 rings (SSSR count). The summed E-state index contributed by atoms with van der Waals surface area (Å²) < 4.78 is 1.47. The molecule has 2 amide bonds. The Morgan fingerprint density at radius 1 is 1.47 bits per heavy atom. The van der Waals surface area contributed by atoms with E-state index in [4.69, 9.17) is 10.6 Å². The fraction of sp³-hybridized carbons (Fsp3) is 0.375. The van der Waals surface area contributed by atoms with Crippen molar-refractivity contribution in [3.05, 3.63) is 22.3 Å². The minimum Gasteiger partial charge on any atom is -1.00 e. The van der Waals surface area contributed by atoms with Gasteiger partial charge in [0.25, 0.3) is 11.8 Å². The lowest BCUT2D eigenvalue weighted by Crippen LogP contribution is -3.00. The predicted octanol–water partition coefficient (Wildman–Crippen LogP) is -3.87. The van der Waals surface area contributed by atoms with Crippen molar-refractivity contribution < 1.29 is 36.7 Å². The van der Waals surface area contributed by atoms with Crippen LogP contribution < -0.4 is 23.5 Å². The second-order valence-electron chi connectivity index (χ2n) is 6.69. The number of aromatic nitrogens is 5. The van der Waals surface area contributed by atoms with E-state index in [-0.39, 0.29) is 34.6 Å². The molecule has 0 saturated carbocycles. The quantitative estimate of drug-likeness (QED) is 0.126. The normalized spacial score (nSPS) is 19.8. The highest BCUT2D eigenvalue weighted by molar-refractivity contribution is 8.01. The van der Waals surface area contributed by atoms with Gasteiger partial charge in [-0.25, -0.2) is 14.5 Å². The number of nitrogens with zero attached hydrogens (tertiary/aromatic N) is 7. The van der Waals surface area contributed by atoms with Gasteiger partial charge >= 0.3 is 5.97 Å². The van der Waals surface area contributed by atoms with Crippen LogP contribution in [0.5, 0.6) is 0 Å². The molecule has 0 aliphatic carbocycles. The number of carbonyl (C=O) groups is 3.